The Kier molecular flexibility index (Phi) is 3.57. The van der Waals surface area contributed by atoms with Crippen molar-refractivity contribution >= 4 is 33.3 Å². The fourth-order valence-electron chi connectivity index (χ4n) is 2.36. The molecule has 4 rings (SSSR count). The molecule has 0 aliphatic heterocycles. The van der Waals surface area contributed by atoms with Gasteiger partial charge >= 0.3 is 0 Å². The van der Waals surface area contributed by atoms with Crippen LogP contribution < -0.4 is 10.9 Å². The number of anilines is 1. The molecule has 1 aliphatic rings. The average Bonchev–Trinajstić information content (AvgIpc) is 3.35. The molecule has 3 aromatic rings. The van der Waals surface area contributed by atoms with Crippen LogP contribution in [0.15, 0.2) is 29.1 Å². The van der Waals surface area contributed by atoms with E-state index < -0.39 is 6.04 Å². The third kappa shape index (κ3) is 2.67. The standard InChI is InChI=1S/C15H14N6O2S/c1-8(12(22)16-15-19-18-13(24-15)9-6-7-9)21-14(23)10-4-2-3-5-11(10)17-20-21/h2-5,8-9H,6-7H2,1H3,(H,16,19,22)/t8-/m0/s1. The van der Waals surface area contributed by atoms with Gasteiger partial charge in [-0.1, -0.05) is 28.7 Å². The van der Waals surface area contributed by atoms with E-state index >= 15 is 0 Å². The van der Waals surface area contributed by atoms with E-state index in [2.05, 4.69) is 25.8 Å². The summed E-state index contributed by atoms with van der Waals surface area (Å²) in [5.74, 6) is 0.111. The number of carbonyl (C=O) groups excluding carboxylic acids is 1. The molecule has 24 heavy (non-hydrogen) atoms. The van der Waals surface area contributed by atoms with Crippen LogP contribution in [0.5, 0.6) is 0 Å². The van der Waals surface area contributed by atoms with Gasteiger partial charge in [0.2, 0.25) is 5.13 Å². The molecule has 122 valence electrons. The Hall–Kier alpha value is -2.68. The maximum atomic E-state index is 12.5. The molecule has 8 nitrogen and oxygen atoms in total. The minimum absolute atomic E-state index is 0.348. The molecule has 0 radical (unpaired) electrons. The van der Waals surface area contributed by atoms with Crippen molar-refractivity contribution in [1.82, 2.24) is 25.2 Å². The van der Waals surface area contributed by atoms with Crippen molar-refractivity contribution < 1.29 is 4.79 Å². The van der Waals surface area contributed by atoms with Gasteiger partial charge in [-0.2, -0.15) is 4.68 Å². The lowest BCUT2D eigenvalue weighted by Crippen LogP contribution is -2.34. The molecule has 1 aliphatic carbocycles. The van der Waals surface area contributed by atoms with Gasteiger partial charge < -0.3 is 0 Å². The largest absolute Gasteiger partial charge is 0.299 e. The van der Waals surface area contributed by atoms with E-state index in [1.54, 1.807) is 31.2 Å². The Morgan fingerprint density at radius 2 is 2.08 bits per heavy atom. The number of amides is 1. The molecule has 2 aromatic heterocycles. The average molecular weight is 342 g/mol. The summed E-state index contributed by atoms with van der Waals surface area (Å²) in [6, 6.07) is 6.10. The first-order chi connectivity index (χ1) is 11.6. The quantitative estimate of drug-likeness (QED) is 0.774. The van der Waals surface area contributed by atoms with Crippen LogP contribution in [0.3, 0.4) is 0 Å². The van der Waals surface area contributed by atoms with Gasteiger partial charge in [0.25, 0.3) is 11.5 Å². The van der Waals surface area contributed by atoms with Crippen LogP contribution in [-0.2, 0) is 4.79 Å². The fraction of sp³-hybridized carbons (Fsp3) is 0.333. The van der Waals surface area contributed by atoms with E-state index in [1.165, 1.54) is 11.3 Å². The number of carbonyl (C=O) groups is 1. The Bertz CT molecular complexity index is 977. The van der Waals surface area contributed by atoms with E-state index in [4.69, 9.17) is 0 Å². The van der Waals surface area contributed by atoms with Gasteiger partial charge in [-0.3, -0.25) is 14.9 Å². The first kappa shape index (κ1) is 14.9. The normalized spacial score (nSPS) is 15.4. The van der Waals surface area contributed by atoms with Gasteiger partial charge in [0.15, 0.2) is 0 Å². The number of hydrogen-bond donors (Lipinski definition) is 1. The molecular formula is C15H14N6O2S. The minimum atomic E-state index is -0.803. The zero-order valence-corrected chi connectivity index (χ0v) is 13.7. The van der Waals surface area contributed by atoms with Crippen molar-refractivity contribution in [3.8, 4) is 0 Å². The predicted octanol–water partition coefficient (Wildman–Crippen LogP) is 1.72. The van der Waals surface area contributed by atoms with Gasteiger partial charge in [0.1, 0.15) is 16.6 Å². The molecule has 1 amide bonds. The number of benzene rings is 1. The number of nitrogens with one attached hydrogen (secondary N) is 1. The predicted molar refractivity (Wildman–Crippen MR) is 89.0 cm³/mol. The lowest BCUT2D eigenvalue weighted by molar-refractivity contribution is -0.119. The van der Waals surface area contributed by atoms with Crippen molar-refractivity contribution in [2.24, 2.45) is 0 Å². The topological polar surface area (TPSA) is 103 Å². The number of aromatic nitrogens is 5. The van der Waals surface area contributed by atoms with Gasteiger partial charge in [-0.25, -0.2) is 0 Å². The highest BCUT2D eigenvalue weighted by Crippen LogP contribution is 2.42. The summed E-state index contributed by atoms with van der Waals surface area (Å²) in [6.45, 7) is 1.60. The monoisotopic (exact) mass is 342 g/mol. The SMILES string of the molecule is C[C@@H](C(=O)Nc1nnc(C2CC2)s1)n1nnc2ccccc2c1=O. The molecule has 1 N–H and O–H groups in total. The summed E-state index contributed by atoms with van der Waals surface area (Å²) < 4.78 is 1.08. The van der Waals surface area contributed by atoms with Crippen LogP contribution in [0.4, 0.5) is 5.13 Å². The highest BCUT2D eigenvalue weighted by atomic mass is 32.1. The highest BCUT2D eigenvalue weighted by Gasteiger charge is 2.28. The summed E-state index contributed by atoms with van der Waals surface area (Å²) in [5, 5.41) is 20.4. The maximum absolute atomic E-state index is 12.5. The molecule has 1 atom stereocenters. The van der Waals surface area contributed by atoms with Gasteiger partial charge in [-0.15, -0.1) is 15.3 Å². The van der Waals surface area contributed by atoms with E-state index in [1.807, 2.05) is 0 Å². The van der Waals surface area contributed by atoms with Crippen LogP contribution in [0, 0.1) is 0 Å². The molecule has 0 unspecified atom stereocenters. The first-order valence-electron chi connectivity index (χ1n) is 7.62. The summed E-state index contributed by atoms with van der Waals surface area (Å²) in [7, 11) is 0. The summed E-state index contributed by atoms with van der Waals surface area (Å²) in [6.07, 6.45) is 2.25. The third-order valence-corrected chi connectivity index (χ3v) is 4.94. The second kappa shape index (κ2) is 5.75. The Morgan fingerprint density at radius 1 is 1.29 bits per heavy atom. The van der Waals surface area contributed by atoms with E-state index in [0.717, 1.165) is 22.5 Å². The number of fused-ring (bicyclic) bond motifs is 1. The van der Waals surface area contributed by atoms with Gasteiger partial charge in [0, 0.05) is 5.92 Å². The van der Waals surface area contributed by atoms with Crippen LogP contribution in [-0.4, -0.2) is 31.1 Å². The molecule has 1 saturated carbocycles. The molecule has 0 saturated heterocycles. The van der Waals surface area contributed by atoms with Crippen LogP contribution in [0.25, 0.3) is 10.9 Å². The van der Waals surface area contributed by atoms with E-state index in [-0.39, 0.29) is 11.5 Å². The summed E-state index contributed by atoms with van der Waals surface area (Å²) in [4.78, 5) is 24.9. The molecule has 0 bridgehead atoms. The molecular weight excluding hydrogens is 328 g/mol. The van der Waals surface area contributed by atoms with Crippen LogP contribution in [0.2, 0.25) is 0 Å². The van der Waals surface area contributed by atoms with Crippen molar-refractivity contribution in [1.29, 1.82) is 0 Å². The minimum Gasteiger partial charge on any atom is -0.299 e. The van der Waals surface area contributed by atoms with E-state index in [9.17, 15) is 9.59 Å². The zero-order valence-electron chi connectivity index (χ0n) is 12.8. The lowest BCUT2D eigenvalue weighted by atomic mass is 10.2. The maximum Gasteiger partial charge on any atom is 0.278 e. The van der Waals surface area contributed by atoms with Crippen molar-refractivity contribution in [3.05, 3.63) is 39.6 Å². The van der Waals surface area contributed by atoms with E-state index in [0.29, 0.717) is 22.0 Å². The van der Waals surface area contributed by atoms with Gasteiger partial charge in [-0.05, 0) is 31.9 Å². The van der Waals surface area contributed by atoms with Crippen molar-refractivity contribution in [2.45, 2.75) is 31.7 Å². The molecule has 9 heteroatoms. The van der Waals surface area contributed by atoms with Crippen LogP contribution >= 0.6 is 11.3 Å². The Morgan fingerprint density at radius 3 is 2.88 bits per heavy atom. The van der Waals surface area contributed by atoms with Crippen molar-refractivity contribution in [3.63, 3.8) is 0 Å². The molecule has 1 fully saturated rings. The second-order valence-corrected chi connectivity index (χ2v) is 6.75. The zero-order chi connectivity index (χ0) is 16.7. The summed E-state index contributed by atoms with van der Waals surface area (Å²) >= 11 is 1.37. The number of rotatable bonds is 4. The molecule has 0 spiro atoms. The van der Waals surface area contributed by atoms with Crippen LogP contribution in [0.1, 0.15) is 36.7 Å². The third-order valence-electron chi connectivity index (χ3n) is 3.94. The Balaban J connectivity index is 1.57. The molecule has 1 aromatic carbocycles. The molecule has 2 heterocycles. The summed E-state index contributed by atoms with van der Waals surface area (Å²) in [5.41, 5.74) is 0.156. The Labute approximate surface area is 140 Å². The number of nitrogens with zero attached hydrogens (tertiary/aromatic N) is 5. The lowest BCUT2D eigenvalue weighted by Gasteiger charge is -2.12. The van der Waals surface area contributed by atoms with Crippen molar-refractivity contribution in [2.75, 3.05) is 5.32 Å². The smallest absolute Gasteiger partial charge is 0.278 e. The number of hydrogen-bond acceptors (Lipinski definition) is 7. The van der Waals surface area contributed by atoms with Gasteiger partial charge in [0.05, 0.1) is 5.39 Å². The first-order valence-corrected chi connectivity index (χ1v) is 8.43. The highest BCUT2D eigenvalue weighted by molar-refractivity contribution is 7.15. The fourth-order valence-corrected chi connectivity index (χ4v) is 3.27. The second-order valence-electron chi connectivity index (χ2n) is 5.74.